The van der Waals surface area contributed by atoms with Crippen molar-refractivity contribution in [3.63, 3.8) is 0 Å². The van der Waals surface area contributed by atoms with Gasteiger partial charge in [0.25, 0.3) is 0 Å². The molecule has 0 aromatic heterocycles. The van der Waals surface area contributed by atoms with E-state index in [9.17, 15) is 4.79 Å². The van der Waals surface area contributed by atoms with Crippen LogP contribution in [0.3, 0.4) is 0 Å². The van der Waals surface area contributed by atoms with E-state index in [1.807, 2.05) is 0 Å². The summed E-state index contributed by atoms with van der Waals surface area (Å²) in [6.45, 7) is 3.55. The Morgan fingerprint density at radius 1 is 1.00 bits per heavy atom. The third-order valence-corrected chi connectivity index (χ3v) is 5.19. The third kappa shape index (κ3) is 2.42. The maximum absolute atomic E-state index is 12.4. The van der Waals surface area contributed by atoms with Crippen LogP contribution in [0.15, 0.2) is 0 Å². The van der Waals surface area contributed by atoms with Crippen molar-refractivity contribution in [3.05, 3.63) is 0 Å². The third-order valence-electron chi connectivity index (χ3n) is 5.19. The van der Waals surface area contributed by atoms with Gasteiger partial charge in [0.15, 0.2) is 0 Å². The quantitative estimate of drug-likeness (QED) is 0.733. The van der Waals surface area contributed by atoms with Crippen LogP contribution in [0, 0.1) is 17.8 Å². The highest BCUT2D eigenvalue weighted by atomic mass is 16.1. The highest BCUT2D eigenvalue weighted by Crippen LogP contribution is 2.43. The maximum atomic E-state index is 12.4. The Morgan fingerprint density at radius 2 is 1.76 bits per heavy atom. The lowest BCUT2D eigenvalue weighted by Crippen LogP contribution is -2.36. The van der Waals surface area contributed by atoms with Crippen LogP contribution >= 0.6 is 0 Å². The second kappa shape index (κ2) is 5.09. The van der Waals surface area contributed by atoms with Crippen molar-refractivity contribution in [3.8, 4) is 0 Å². The minimum Gasteiger partial charge on any atom is -0.303 e. The topological polar surface area (TPSA) is 20.3 Å². The molecule has 2 saturated carbocycles. The van der Waals surface area contributed by atoms with Gasteiger partial charge >= 0.3 is 0 Å². The Labute approximate surface area is 105 Å². The van der Waals surface area contributed by atoms with Crippen LogP contribution in [0.4, 0.5) is 0 Å². The second-order valence-corrected chi connectivity index (χ2v) is 6.35. The number of carbonyl (C=O) groups excluding carboxylic acids is 1. The number of ketones is 1. The van der Waals surface area contributed by atoms with Gasteiger partial charge in [-0.3, -0.25) is 4.79 Å². The van der Waals surface area contributed by atoms with Crippen molar-refractivity contribution in [1.29, 1.82) is 0 Å². The molecule has 2 heteroatoms. The highest BCUT2D eigenvalue weighted by Gasteiger charge is 2.43. The first-order valence-corrected chi connectivity index (χ1v) is 7.60. The van der Waals surface area contributed by atoms with E-state index >= 15 is 0 Å². The molecule has 0 aromatic rings. The summed E-state index contributed by atoms with van der Waals surface area (Å²) in [5, 5.41) is 0. The molecular weight excluding hydrogens is 210 g/mol. The van der Waals surface area contributed by atoms with E-state index in [4.69, 9.17) is 0 Å². The van der Waals surface area contributed by atoms with E-state index in [0.717, 1.165) is 12.5 Å². The summed E-state index contributed by atoms with van der Waals surface area (Å²) in [4.78, 5) is 14.9. The van der Waals surface area contributed by atoms with Crippen LogP contribution in [0.2, 0.25) is 0 Å². The molecule has 3 unspecified atom stereocenters. The number of Topliss-reactive ketones (excluding diaryl/α,β-unsaturated/α-hetero) is 1. The Balaban J connectivity index is 1.58. The molecule has 0 amide bonds. The molecule has 1 saturated heterocycles. The zero-order chi connectivity index (χ0) is 11.7. The van der Waals surface area contributed by atoms with Crippen molar-refractivity contribution in [1.82, 2.24) is 4.90 Å². The lowest BCUT2D eigenvalue weighted by atomic mass is 9.81. The van der Waals surface area contributed by atoms with Gasteiger partial charge in [-0.1, -0.05) is 19.3 Å². The average molecular weight is 235 g/mol. The molecule has 96 valence electrons. The molecule has 17 heavy (non-hydrogen) atoms. The number of piperidine rings is 1. The van der Waals surface area contributed by atoms with Crippen molar-refractivity contribution in [2.45, 2.75) is 51.4 Å². The molecule has 0 bridgehead atoms. The number of hydrogen-bond donors (Lipinski definition) is 0. The lowest BCUT2D eigenvalue weighted by Gasteiger charge is -2.28. The van der Waals surface area contributed by atoms with Gasteiger partial charge < -0.3 is 4.90 Å². The number of likely N-dealkylation sites (tertiary alicyclic amines) is 1. The number of nitrogens with zero attached hydrogens (tertiary/aromatic N) is 1. The van der Waals surface area contributed by atoms with Crippen molar-refractivity contribution in [2.75, 3.05) is 19.6 Å². The fourth-order valence-corrected chi connectivity index (χ4v) is 4.27. The molecular formula is C15H25NO. The molecule has 1 aliphatic heterocycles. The average Bonchev–Trinajstić information content (AvgIpc) is 2.68. The second-order valence-electron chi connectivity index (χ2n) is 6.35. The molecule has 2 aliphatic carbocycles. The zero-order valence-electron chi connectivity index (χ0n) is 10.9. The summed E-state index contributed by atoms with van der Waals surface area (Å²) >= 11 is 0. The number of carbonyl (C=O) groups is 1. The SMILES string of the molecule is O=C1C(CN2CCCCC2)CC2CCCCC12. The summed E-state index contributed by atoms with van der Waals surface area (Å²) in [7, 11) is 0. The standard InChI is InChI=1S/C15H25NO/c17-15-13(11-16-8-4-1-5-9-16)10-12-6-2-3-7-14(12)15/h12-14H,1-11H2. The minimum absolute atomic E-state index is 0.390. The van der Waals surface area contributed by atoms with E-state index in [1.54, 1.807) is 0 Å². The van der Waals surface area contributed by atoms with Gasteiger partial charge in [-0.25, -0.2) is 0 Å². The van der Waals surface area contributed by atoms with Gasteiger partial charge in [0, 0.05) is 18.4 Å². The lowest BCUT2D eigenvalue weighted by molar-refractivity contribution is -0.125. The van der Waals surface area contributed by atoms with Crippen LogP contribution in [0.25, 0.3) is 0 Å². The van der Waals surface area contributed by atoms with Gasteiger partial charge in [0.05, 0.1) is 0 Å². The predicted molar refractivity (Wildman–Crippen MR) is 68.9 cm³/mol. The van der Waals surface area contributed by atoms with E-state index in [0.29, 0.717) is 17.6 Å². The summed E-state index contributed by atoms with van der Waals surface area (Å²) in [6.07, 6.45) is 10.5. The first kappa shape index (κ1) is 11.7. The normalized spacial score (nSPS) is 39.3. The van der Waals surface area contributed by atoms with Crippen molar-refractivity contribution in [2.24, 2.45) is 17.8 Å². The van der Waals surface area contributed by atoms with Gasteiger partial charge in [0.2, 0.25) is 0 Å². The first-order chi connectivity index (χ1) is 8.34. The predicted octanol–water partition coefficient (Wildman–Crippen LogP) is 2.87. The summed E-state index contributed by atoms with van der Waals surface area (Å²) in [5.41, 5.74) is 0. The fourth-order valence-electron chi connectivity index (χ4n) is 4.27. The largest absolute Gasteiger partial charge is 0.303 e. The molecule has 3 atom stereocenters. The molecule has 0 N–H and O–H groups in total. The smallest absolute Gasteiger partial charge is 0.140 e. The minimum atomic E-state index is 0.390. The molecule has 3 rings (SSSR count). The van der Waals surface area contributed by atoms with E-state index in [-0.39, 0.29) is 0 Å². The van der Waals surface area contributed by atoms with E-state index < -0.39 is 0 Å². The van der Waals surface area contributed by atoms with Crippen LogP contribution in [0.1, 0.15) is 51.4 Å². The number of rotatable bonds is 2. The van der Waals surface area contributed by atoms with E-state index in [2.05, 4.69) is 4.90 Å². The van der Waals surface area contributed by atoms with Gasteiger partial charge in [-0.05, 0) is 51.1 Å². The molecule has 1 heterocycles. The van der Waals surface area contributed by atoms with Crippen molar-refractivity contribution >= 4 is 5.78 Å². The molecule has 0 aromatic carbocycles. The van der Waals surface area contributed by atoms with E-state index in [1.165, 1.54) is 64.5 Å². The number of fused-ring (bicyclic) bond motifs is 1. The number of hydrogen-bond acceptors (Lipinski definition) is 2. The zero-order valence-corrected chi connectivity index (χ0v) is 10.9. The Kier molecular flexibility index (Phi) is 3.51. The summed E-state index contributed by atoms with van der Waals surface area (Å²) < 4.78 is 0. The summed E-state index contributed by atoms with van der Waals surface area (Å²) in [5.74, 6) is 2.23. The Morgan fingerprint density at radius 3 is 2.53 bits per heavy atom. The monoisotopic (exact) mass is 235 g/mol. The van der Waals surface area contributed by atoms with Gasteiger partial charge in [-0.15, -0.1) is 0 Å². The van der Waals surface area contributed by atoms with Gasteiger partial charge in [0.1, 0.15) is 5.78 Å². The maximum Gasteiger partial charge on any atom is 0.140 e. The van der Waals surface area contributed by atoms with Crippen molar-refractivity contribution < 1.29 is 4.79 Å². The summed E-state index contributed by atoms with van der Waals surface area (Å²) in [6, 6.07) is 0. The van der Waals surface area contributed by atoms with Crippen LogP contribution in [0.5, 0.6) is 0 Å². The van der Waals surface area contributed by atoms with Crippen LogP contribution in [-0.4, -0.2) is 30.3 Å². The Hall–Kier alpha value is -0.370. The van der Waals surface area contributed by atoms with Crippen LogP contribution in [-0.2, 0) is 4.79 Å². The Bertz CT molecular complexity index is 283. The molecule has 3 aliphatic rings. The van der Waals surface area contributed by atoms with Gasteiger partial charge in [-0.2, -0.15) is 0 Å². The molecule has 3 fully saturated rings. The molecule has 2 nitrogen and oxygen atoms in total. The fraction of sp³-hybridized carbons (Fsp3) is 0.933. The molecule has 0 radical (unpaired) electrons. The molecule has 0 spiro atoms. The van der Waals surface area contributed by atoms with Crippen LogP contribution < -0.4 is 0 Å². The highest BCUT2D eigenvalue weighted by molar-refractivity contribution is 5.86. The first-order valence-electron chi connectivity index (χ1n) is 7.60.